The van der Waals surface area contributed by atoms with E-state index in [1.165, 1.54) is 11.4 Å². The van der Waals surface area contributed by atoms with Crippen LogP contribution in [-0.4, -0.2) is 41.1 Å². The van der Waals surface area contributed by atoms with Crippen LogP contribution in [-0.2, 0) is 19.5 Å². The fourth-order valence-corrected chi connectivity index (χ4v) is 1.90. The van der Waals surface area contributed by atoms with Gasteiger partial charge in [-0.1, -0.05) is 0 Å². The second-order valence-electron chi connectivity index (χ2n) is 4.53. The standard InChI is InChI=1S/C11H20N4/c1-9(14(2)3)7-15-8-13-10-6-12-5-4-11(10)15/h8-9,12H,4-7H2,1-3H3. The lowest BCUT2D eigenvalue weighted by molar-refractivity contribution is 0.281. The molecule has 84 valence electrons. The van der Waals surface area contributed by atoms with Gasteiger partial charge in [0.25, 0.3) is 0 Å². The van der Waals surface area contributed by atoms with Crippen molar-refractivity contribution in [2.24, 2.45) is 0 Å². The summed E-state index contributed by atoms with van der Waals surface area (Å²) >= 11 is 0. The molecule has 0 spiro atoms. The van der Waals surface area contributed by atoms with Gasteiger partial charge in [0.2, 0.25) is 0 Å². The summed E-state index contributed by atoms with van der Waals surface area (Å²) in [7, 11) is 4.24. The van der Waals surface area contributed by atoms with Crippen LogP contribution < -0.4 is 5.32 Å². The zero-order chi connectivity index (χ0) is 10.8. The van der Waals surface area contributed by atoms with E-state index in [2.05, 4.69) is 40.8 Å². The number of rotatable bonds is 3. The molecule has 1 unspecified atom stereocenters. The number of aromatic nitrogens is 2. The summed E-state index contributed by atoms with van der Waals surface area (Å²) in [5, 5.41) is 3.34. The molecule has 0 amide bonds. The number of likely N-dealkylation sites (N-methyl/N-ethyl adjacent to an activating group) is 1. The fraction of sp³-hybridized carbons (Fsp3) is 0.727. The minimum Gasteiger partial charge on any atom is -0.333 e. The van der Waals surface area contributed by atoms with E-state index in [4.69, 9.17) is 0 Å². The summed E-state index contributed by atoms with van der Waals surface area (Å²) in [5.74, 6) is 0. The van der Waals surface area contributed by atoms with E-state index in [9.17, 15) is 0 Å². The Morgan fingerprint density at radius 1 is 1.60 bits per heavy atom. The Labute approximate surface area is 91.3 Å². The Kier molecular flexibility index (Phi) is 3.07. The van der Waals surface area contributed by atoms with Gasteiger partial charge in [0.05, 0.1) is 12.0 Å². The third-order valence-corrected chi connectivity index (χ3v) is 3.21. The lowest BCUT2D eigenvalue weighted by Gasteiger charge is -2.22. The molecule has 0 saturated heterocycles. The molecule has 4 heteroatoms. The van der Waals surface area contributed by atoms with Gasteiger partial charge in [-0.25, -0.2) is 4.98 Å². The highest BCUT2D eigenvalue weighted by Crippen LogP contribution is 2.13. The molecule has 15 heavy (non-hydrogen) atoms. The van der Waals surface area contributed by atoms with E-state index in [-0.39, 0.29) is 0 Å². The van der Waals surface area contributed by atoms with Crippen molar-refractivity contribution in [2.45, 2.75) is 32.5 Å². The van der Waals surface area contributed by atoms with Crippen LogP contribution in [0.4, 0.5) is 0 Å². The summed E-state index contributed by atoms with van der Waals surface area (Å²) < 4.78 is 2.31. The predicted molar refractivity (Wildman–Crippen MR) is 60.8 cm³/mol. The normalized spacial score (nSPS) is 17.9. The van der Waals surface area contributed by atoms with Crippen LogP contribution in [0.2, 0.25) is 0 Å². The third kappa shape index (κ3) is 2.21. The molecule has 1 aliphatic heterocycles. The van der Waals surface area contributed by atoms with E-state index < -0.39 is 0 Å². The third-order valence-electron chi connectivity index (χ3n) is 3.21. The van der Waals surface area contributed by atoms with E-state index >= 15 is 0 Å². The first-order chi connectivity index (χ1) is 7.18. The second-order valence-corrected chi connectivity index (χ2v) is 4.53. The van der Waals surface area contributed by atoms with Gasteiger partial charge < -0.3 is 14.8 Å². The number of fused-ring (bicyclic) bond motifs is 1. The SMILES string of the molecule is CC(Cn1cnc2c1CCNC2)N(C)C. The van der Waals surface area contributed by atoms with Crippen molar-refractivity contribution in [2.75, 3.05) is 20.6 Å². The van der Waals surface area contributed by atoms with Crippen LogP contribution in [0.3, 0.4) is 0 Å². The zero-order valence-electron chi connectivity index (χ0n) is 9.82. The van der Waals surface area contributed by atoms with Gasteiger partial charge in [0.1, 0.15) is 0 Å². The maximum Gasteiger partial charge on any atom is 0.0952 e. The highest BCUT2D eigenvalue weighted by atomic mass is 15.2. The first kappa shape index (κ1) is 10.6. The molecule has 1 atom stereocenters. The minimum absolute atomic E-state index is 0.554. The first-order valence-corrected chi connectivity index (χ1v) is 5.58. The number of hydrogen-bond acceptors (Lipinski definition) is 3. The number of hydrogen-bond donors (Lipinski definition) is 1. The summed E-state index contributed by atoms with van der Waals surface area (Å²) in [6.45, 7) is 5.29. The van der Waals surface area contributed by atoms with Crippen LogP contribution in [0.5, 0.6) is 0 Å². The van der Waals surface area contributed by atoms with Crippen molar-refractivity contribution < 1.29 is 0 Å². The average Bonchev–Trinajstić information content (AvgIpc) is 2.62. The van der Waals surface area contributed by atoms with Crippen molar-refractivity contribution in [3.05, 3.63) is 17.7 Å². The topological polar surface area (TPSA) is 33.1 Å². The van der Waals surface area contributed by atoms with Gasteiger partial charge in [-0.15, -0.1) is 0 Å². The highest BCUT2D eigenvalue weighted by molar-refractivity contribution is 5.16. The maximum absolute atomic E-state index is 4.45. The molecule has 4 nitrogen and oxygen atoms in total. The van der Waals surface area contributed by atoms with Gasteiger partial charge in [-0.3, -0.25) is 0 Å². The molecule has 1 N–H and O–H groups in total. The van der Waals surface area contributed by atoms with E-state index in [0.29, 0.717) is 6.04 Å². The molecule has 1 aliphatic rings. The monoisotopic (exact) mass is 208 g/mol. The van der Waals surface area contributed by atoms with Crippen LogP contribution >= 0.6 is 0 Å². The number of nitrogens with one attached hydrogen (secondary N) is 1. The zero-order valence-corrected chi connectivity index (χ0v) is 9.82. The molecule has 2 rings (SSSR count). The van der Waals surface area contributed by atoms with Gasteiger partial charge >= 0.3 is 0 Å². The molecule has 2 heterocycles. The molecule has 0 fully saturated rings. The second kappa shape index (κ2) is 4.33. The Morgan fingerprint density at radius 2 is 2.40 bits per heavy atom. The quantitative estimate of drug-likeness (QED) is 0.784. The Bertz CT molecular complexity index is 329. The van der Waals surface area contributed by atoms with Crippen LogP contribution in [0.25, 0.3) is 0 Å². The molecule has 0 bridgehead atoms. The van der Waals surface area contributed by atoms with Gasteiger partial charge in [-0.05, 0) is 21.0 Å². The Hall–Kier alpha value is -0.870. The molecule has 0 aliphatic carbocycles. The summed E-state index contributed by atoms with van der Waals surface area (Å²) in [5.41, 5.74) is 2.65. The van der Waals surface area contributed by atoms with Gasteiger partial charge in [0, 0.05) is 37.8 Å². The van der Waals surface area contributed by atoms with Crippen molar-refractivity contribution >= 4 is 0 Å². The molecular formula is C11H20N4. The Balaban J connectivity index is 2.11. The molecule has 0 saturated carbocycles. The van der Waals surface area contributed by atoms with E-state index in [1.54, 1.807) is 0 Å². The summed E-state index contributed by atoms with van der Waals surface area (Å²) in [4.78, 5) is 6.69. The molecule has 1 aromatic rings. The van der Waals surface area contributed by atoms with Gasteiger partial charge in [-0.2, -0.15) is 0 Å². The Morgan fingerprint density at radius 3 is 3.13 bits per heavy atom. The molecule has 0 radical (unpaired) electrons. The van der Waals surface area contributed by atoms with Crippen LogP contribution in [0.1, 0.15) is 18.3 Å². The van der Waals surface area contributed by atoms with Crippen molar-refractivity contribution in [3.8, 4) is 0 Å². The summed E-state index contributed by atoms with van der Waals surface area (Å²) in [6.07, 6.45) is 3.09. The first-order valence-electron chi connectivity index (χ1n) is 5.58. The van der Waals surface area contributed by atoms with E-state index in [1.807, 2.05) is 6.33 Å². The lowest BCUT2D eigenvalue weighted by Crippen LogP contribution is -2.31. The van der Waals surface area contributed by atoms with Gasteiger partial charge in [0.15, 0.2) is 0 Å². The maximum atomic E-state index is 4.45. The highest BCUT2D eigenvalue weighted by Gasteiger charge is 2.16. The lowest BCUT2D eigenvalue weighted by atomic mass is 10.2. The van der Waals surface area contributed by atoms with E-state index in [0.717, 1.165) is 26.1 Å². The number of imidazole rings is 1. The molecule has 0 aromatic carbocycles. The average molecular weight is 208 g/mol. The fourth-order valence-electron chi connectivity index (χ4n) is 1.90. The van der Waals surface area contributed by atoms with Crippen molar-refractivity contribution in [3.63, 3.8) is 0 Å². The van der Waals surface area contributed by atoms with Crippen molar-refractivity contribution in [1.29, 1.82) is 0 Å². The largest absolute Gasteiger partial charge is 0.333 e. The predicted octanol–water partition coefficient (Wildman–Crippen LogP) is 0.479. The molecular weight excluding hydrogens is 188 g/mol. The minimum atomic E-state index is 0.554. The van der Waals surface area contributed by atoms with Crippen LogP contribution in [0, 0.1) is 0 Å². The molecule has 1 aromatic heterocycles. The smallest absolute Gasteiger partial charge is 0.0952 e. The van der Waals surface area contributed by atoms with Crippen molar-refractivity contribution in [1.82, 2.24) is 19.8 Å². The number of nitrogens with zero attached hydrogens (tertiary/aromatic N) is 3. The van der Waals surface area contributed by atoms with Crippen LogP contribution in [0.15, 0.2) is 6.33 Å². The summed E-state index contributed by atoms with van der Waals surface area (Å²) in [6, 6.07) is 0.554.